The third kappa shape index (κ3) is 2.89. The number of halogens is 1. The molecular weight excluding hydrogens is 364 g/mol. The minimum Gasteiger partial charge on any atom is -0.245 e. The summed E-state index contributed by atoms with van der Waals surface area (Å²) in [5, 5.41) is 6.48. The van der Waals surface area contributed by atoms with Crippen LogP contribution in [-0.2, 0) is 6.42 Å². The van der Waals surface area contributed by atoms with Crippen LogP contribution in [0, 0.1) is 13.8 Å². The standard InChI is InChI=1S/C20H21ClN4S/c1-4-5-6-8-14-11-12(2)24-25-17(13(3)23-19(14)25)18-16(21)15-9-7-10-22-20(15)26-18/h7,9-11H,4-6,8H2,1-3H3. The van der Waals surface area contributed by atoms with Crippen LogP contribution in [0.3, 0.4) is 0 Å². The van der Waals surface area contributed by atoms with Crippen LogP contribution in [0.15, 0.2) is 24.4 Å². The Bertz CT molecular complexity index is 1100. The summed E-state index contributed by atoms with van der Waals surface area (Å²) in [6.07, 6.45) is 6.44. The maximum absolute atomic E-state index is 6.70. The molecule has 0 fully saturated rings. The molecule has 6 heteroatoms. The Morgan fingerprint density at radius 3 is 2.85 bits per heavy atom. The number of pyridine rings is 1. The summed E-state index contributed by atoms with van der Waals surface area (Å²) in [5.41, 5.74) is 5.14. The maximum Gasteiger partial charge on any atom is 0.157 e. The smallest absolute Gasteiger partial charge is 0.157 e. The van der Waals surface area contributed by atoms with Gasteiger partial charge in [-0.2, -0.15) is 5.10 Å². The van der Waals surface area contributed by atoms with E-state index in [4.69, 9.17) is 21.7 Å². The lowest BCUT2D eigenvalue weighted by atomic mass is 10.1. The highest BCUT2D eigenvalue weighted by Crippen LogP contribution is 2.42. The van der Waals surface area contributed by atoms with Gasteiger partial charge in [-0.1, -0.05) is 31.4 Å². The molecule has 4 rings (SSSR count). The highest BCUT2D eigenvalue weighted by molar-refractivity contribution is 7.22. The molecule has 0 radical (unpaired) electrons. The lowest BCUT2D eigenvalue weighted by Gasteiger charge is -2.06. The fourth-order valence-corrected chi connectivity index (χ4v) is 4.92. The molecule has 0 amide bonds. The number of nitrogens with zero attached hydrogens (tertiary/aromatic N) is 4. The molecule has 4 aromatic rings. The molecule has 26 heavy (non-hydrogen) atoms. The van der Waals surface area contributed by atoms with Crippen LogP contribution in [0.1, 0.15) is 43.1 Å². The van der Waals surface area contributed by atoms with Gasteiger partial charge in [-0.05, 0) is 50.5 Å². The van der Waals surface area contributed by atoms with Crippen LogP contribution < -0.4 is 0 Å². The van der Waals surface area contributed by atoms with Crippen LogP contribution in [-0.4, -0.2) is 19.6 Å². The molecule has 0 aliphatic rings. The zero-order valence-corrected chi connectivity index (χ0v) is 16.8. The van der Waals surface area contributed by atoms with E-state index in [2.05, 4.69) is 18.0 Å². The minimum atomic E-state index is 0.735. The van der Waals surface area contributed by atoms with Crippen LogP contribution in [0.25, 0.3) is 26.4 Å². The molecule has 4 heterocycles. The SMILES string of the molecule is CCCCCc1cc(C)nn2c(-c3sc4ncccc4c3Cl)c(C)nc12. The summed E-state index contributed by atoms with van der Waals surface area (Å²) in [6, 6.07) is 6.09. The van der Waals surface area contributed by atoms with Crippen molar-refractivity contribution in [1.29, 1.82) is 0 Å². The van der Waals surface area contributed by atoms with E-state index >= 15 is 0 Å². The normalized spacial score (nSPS) is 11.7. The van der Waals surface area contributed by atoms with Gasteiger partial charge in [-0.25, -0.2) is 14.5 Å². The number of aryl methyl sites for hydroxylation is 3. The van der Waals surface area contributed by atoms with Crippen molar-refractivity contribution in [2.24, 2.45) is 0 Å². The quantitative estimate of drug-likeness (QED) is 0.396. The summed E-state index contributed by atoms with van der Waals surface area (Å²) in [5.74, 6) is 0. The molecule has 0 aromatic carbocycles. The number of fused-ring (bicyclic) bond motifs is 2. The van der Waals surface area contributed by atoms with Crippen LogP contribution >= 0.6 is 22.9 Å². The van der Waals surface area contributed by atoms with Crippen LogP contribution in [0.5, 0.6) is 0 Å². The zero-order chi connectivity index (χ0) is 18.3. The van der Waals surface area contributed by atoms with Crippen molar-refractivity contribution in [1.82, 2.24) is 19.6 Å². The van der Waals surface area contributed by atoms with Gasteiger partial charge < -0.3 is 0 Å². The number of imidazole rings is 1. The van der Waals surface area contributed by atoms with E-state index in [9.17, 15) is 0 Å². The largest absolute Gasteiger partial charge is 0.245 e. The van der Waals surface area contributed by atoms with Gasteiger partial charge in [-0.15, -0.1) is 11.3 Å². The second kappa shape index (κ2) is 6.97. The predicted molar refractivity (Wildman–Crippen MR) is 109 cm³/mol. The summed E-state index contributed by atoms with van der Waals surface area (Å²) in [6.45, 7) is 6.29. The van der Waals surface area contributed by atoms with Gasteiger partial charge in [0.1, 0.15) is 10.5 Å². The van der Waals surface area contributed by atoms with Gasteiger partial charge in [0.2, 0.25) is 0 Å². The number of hydrogen-bond acceptors (Lipinski definition) is 4. The van der Waals surface area contributed by atoms with Gasteiger partial charge in [0.05, 0.1) is 21.3 Å². The van der Waals surface area contributed by atoms with Crippen molar-refractivity contribution < 1.29 is 0 Å². The Morgan fingerprint density at radius 1 is 1.23 bits per heavy atom. The summed E-state index contributed by atoms with van der Waals surface area (Å²) in [7, 11) is 0. The van der Waals surface area contributed by atoms with E-state index in [1.165, 1.54) is 24.8 Å². The molecule has 0 saturated carbocycles. The fourth-order valence-electron chi connectivity index (χ4n) is 3.39. The van der Waals surface area contributed by atoms with Gasteiger partial charge >= 0.3 is 0 Å². The molecular formula is C20H21ClN4S. The van der Waals surface area contributed by atoms with Gasteiger partial charge in [0, 0.05) is 11.6 Å². The van der Waals surface area contributed by atoms with E-state index < -0.39 is 0 Å². The number of rotatable bonds is 5. The first-order valence-corrected chi connectivity index (χ1v) is 10.2. The van der Waals surface area contributed by atoms with E-state index in [0.29, 0.717) is 0 Å². The average Bonchev–Trinajstić information content (AvgIpc) is 3.12. The predicted octanol–water partition coefficient (Wildman–Crippen LogP) is 6.01. The summed E-state index contributed by atoms with van der Waals surface area (Å²) >= 11 is 8.30. The lowest BCUT2D eigenvalue weighted by molar-refractivity contribution is 0.714. The van der Waals surface area contributed by atoms with Crippen molar-refractivity contribution in [3.63, 3.8) is 0 Å². The zero-order valence-electron chi connectivity index (χ0n) is 15.2. The lowest BCUT2D eigenvalue weighted by Crippen LogP contribution is -2.01. The summed E-state index contributed by atoms with van der Waals surface area (Å²) in [4.78, 5) is 11.2. The first kappa shape index (κ1) is 17.4. The molecule has 4 aromatic heterocycles. The van der Waals surface area contributed by atoms with Crippen molar-refractivity contribution in [2.75, 3.05) is 0 Å². The van der Waals surface area contributed by atoms with E-state index in [1.54, 1.807) is 17.5 Å². The Labute approximate surface area is 161 Å². The third-order valence-electron chi connectivity index (χ3n) is 4.63. The van der Waals surface area contributed by atoms with Gasteiger partial charge in [0.25, 0.3) is 0 Å². The highest BCUT2D eigenvalue weighted by Gasteiger charge is 2.21. The fraction of sp³-hybridized carbons (Fsp3) is 0.350. The van der Waals surface area contributed by atoms with Gasteiger partial charge in [-0.3, -0.25) is 0 Å². The number of unbranched alkanes of at least 4 members (excludes halogenated alkanes) is 2. The Morgan fingerprint density at radius 2 is 2.08 bits per heavy atom. The number of thiophene rings is 1. The van der Waals surface area contributed by atoms with Crippen molar-refractivity contribution in [2.45, 2.75) is 46.5 Å². The van der Waals surface area contributed by atoms with E-state index in [-0.39, 0.29) is 0 Å². The Kier molecular flexibility index (Phi) is 4.67. The number of hydrogen-bond donors (Lipinski definition) is 0. The van der Waals surface area contributed by atoms with Crippen LogP contribution in [0.2, 0.25) is 5.02 Å². The Hall–Kier alpha value is -1.98. The summed E-state index contributed by atoms with van der Waals surface area (Å²) < 4.78 is 1.97. The molecule has 0 bridgehead atoms. The molecule has 0 unspecified atom stereocenters. The van der Waals surface area contributed by atoms with Crippen molar-refractivity contribution >= 4 is 38.8 Å². The average molecular weight is 385 g/mol. The van der Waals surface area contributed by atoms with E-state index in [0.717, 1.165) is 49.3 Å². The highest BCUT2D eigenvalue weighted by atomic mass is 35.5. The number of aromatic nitrogens is 4. The monoisotopic (exact) mass is 384 g/mol. The second-order valence-corrected chi connectivity index (χ2v) is 8.03. The molecule has 0 N–H and O–H groups in total. The Balaban J connectivity index is 1.92. The molecule has 0 aliphatic heterocycles. The van der Waals surface area contributed by atoms with Crippen molar-refractivity contribution in [3.05, 3.63) is 46.4 Å². The van der Waals surface area contributed by atoms with Crippen LogP contribution in [0.4, 0.5) is 0 Å². The molecule has 0 spiro atoms. The minimum absolute atomic E-state index is 0.735. The molecule has 0 saturated heterocycles. The van der Waals surface area contributed by atoms with Gasteiger partial charge in [0.15, 0.2) is 5.65 Å². The topological polar surface area (TPSA) is 43.1 Å². The first-order chi connectivity index (χ1) is 12.6. The third-order valence-corrected chi connectivity index (χ3v) is 6.25. The van der Waals surface area contributed by atoms with Crippen molar-refractivity contribution in [3.8, 4) is 10.6 Å². The first-order valence-electron chi connectivity index (χ1n) is 8.99. The second-order valence-electron chi connectivity index (χ2n) is 6.65. The molecule has 134 valence electrons. The van der Waals surface area contributed by atoms with E-state index in [1.807, 2.05) is 30.5 Å². The molecule has 0 aliphatic carbocycles. The molecule has 0 atom stereocenters. The maximum atomic E-state index is 6.70. The molecule has 4 nitrogen and oxygen atoms in total.